The molecule has 5 nitrogen and oxygen atoms in total. The van der Waals surface area contributed by atoms with E-state index in [4.69, 9.17) is 4.74 Å². The molecule has 1 aromatic heterocycles. The third-order valence-corrected chi connectivity index (χ3v) is 3.91. The van der Waals surface area contributed by atoms with Gasteiger partial charge in [-0.05, 0) is 41.8 Å². The first-order valence-electron chi connectivity index (χ1n) is 6.52. The van der Waals surface area contributed by atoms with Gasteiger partial charge in [0.25, 0.3) is 0 Å². The Balaban J connectivity index is 1.38. The molecule has 0 bridgehead atoms. The third kappa shape index (κ3) is 3.47. The molecule has 1 aliphatic rings. The maximum absolute atomic E-state index is 5.64. The fraction of sp³-hybridized carbons (Fsp3) is 0.462. The minimum atomic E-state index is 0.540. The van der Waals surface area contributed by atoms with Gasteiger partial charge in [0.1, 0.15) is 5.75 Å². The van der Waals surface area contributed by atoms with Crippen molar-refractivity contribution in [3.8, 4) is 5.75 Å². The highest BCUT2D eigenvalue weighted by molar-refractivity contribution is 7.99. The van der Waals surface area contributed by atoms with Gasteiger partial charge in [-0.1, -0.05) is 30.0 Å². The summed E-state index contributed by atoms with van der Waals surface area (Å²) in [5.74, 6) is 1.90. The summed E-state index contributed by atoms with van der Waals surface area (Å²) in [4.78, 5) is 0. The maximum Gasteiger partial charge on any atom is 0.209 e. The summed E-state index contributed by atoms with van der Waals surface area (Å²) in [6, 6.07) is 10.4. The van der Waals surface area contributed by atoms with Crippen LogP contribution in [0.2, 0.25) is 0 Å². The molecule has 2 aromatic rings. The third-order valence-electron chi connectivity index (χ3n) is 2.89. The van der Waals surface area contributed by atoms with E-state index < -0.39 is 0 Å². The molecule has 1 aliphatic carbocycles. The van der Waals surface area contributed by atoms with E-state index in [1.165, 1.54) is 12.8 Å². The smallest absolute Gasteiger partial charge is 0.209 e. The minimum absolute atomic E-state index is 0.540. The van der Waals surface area contributed by atoms with E-state index in [9.17, 15) is 0 Å². The highest BCUT2D eigenvalue weighted by atomic mass is 32.2. The Morgan fingerprint density at radius 2 is 2.11 bits per heavy atom. The molecule has 1 saturated carbocycles. The molecule has 6 heteroatoms. The summed E-state index contributed by atoms with van der Waals surface area (Å²) in [6.45, 7) is 0.724. The summed E-state index contributed by atoms with van der Waals surface area (Å²) in [6.07, 6.45) is 3.39. The van der Waals surface area contributed by atoms with Gasteiger partial charge in [-0.25, -0.2) is 4.68 Å². The topological polar surface area (TPSA) is 52.8 Å². The number of aromatic nitrogens is 4. The van der Waals surface area contributed by atoms with Gasteiger partial charge in [0.15, 0.2) is 0 Å². The molecule has 3 rings (SSSR count). The number of rotatable bonds is 7. The van der Waals surface area contributed by atoms with Gasteiger partial charge in [0, 0.05) is 5.75 Å². The molecule has 100 valence electrons. The number of ether oxygens (including phenoxy) is 1. The second kappa shape index (κ2) is 6.06. The van der Waals surface area contributed by atoms with Crippen LogP contribution in [-0.4, -0.2) is 32.6 Å². The largest absolute Gasteiger partial charge is 0.494 e. The lowest BCUT2D eigenvalue weighted by Gasteiger charge is -2.05. The summed E-state index contributed by atoms with van der Waals surface area (Å²) in [5.41, 5.74) is 0. The van der Waals surface area contributed by atoms with E-state index in [0.717, 1.165) is 29.7 Å². The van der Waals surface area contributed by atoms with Crippen LogP contribution in [0, 0.1) is 0 Å². The van der Waals surface area contributed by atoms with Crippen molar-refractivity contribution in [2.24, 2.45) is 0 Å². The summed E-state index contributed by atoms with van der Waals surface area (Å²) in [7, 11) is 0. The van der Waals surface area contributed by atoms with Crippen molar-refractivity contribution < 1.29 is 4.74 Å². The highest BCUT2D eigenvalue weighted by Crippen LogP contribution is 2.36. The van der Waals surface area contributed by atoms with Gasteiger partial charge in [0.05, 0.1) is 12.6 Å². The average molecular weight is 276 g/mol. The van der Waals surface area contributed by atoms with E-state index in [1.807, 2.05) is 35.0 Å². The Morgan fingerprint density at radius 1 is 1.26 bits per heavy atom. The van der Waals surface area contributed by atoms with Gasteiger partial charge in [-0.15, -0.1) is 5.10 Å². The molecule has 0 amide bonds. The first-order valence-corrected chi connectivity index (χ1v) is 7.50. The van der Waals surface area contributed by atoms with Crippen molar-refractivity contribution in [3.63, 3.8) is 0 Å². The summed E-state index contributed by atoms with van der Waals surface area (Å²) in [5, 5.41) is 12.8. The zero-order valence-electron chi connectivity index (χ0n) is 10.6. The van der Waals surface area contributed by atoms with Crippen LogP contribution in [0.4, 0.5) is 0 Å². The Labute approximate surface area is 116 Å². The molecule has 1 heterocycles. The molecule has 0 radical (unpaired) electrons. The predicted octanol–water partition coefficient (Wildman–Crippen LogP) is 2.57. The highest BCUT2D eigenvalue weighted by Gasteiger charge is 2.27. The van der Waals surface area contributed by atoms with Crippen molar-refractivity contribution in [2.75, 3.05) is 12.4 Å². The van der Waals surface area contributed by atoms with E-state index in [1.54, 1.807) is 11.8 Å². The average Bonchev–Trinajstić information content (AvgIpc) is 3.19. The Morgan fingerprint density at radius 3 is 2.89 bits per heavy atom. The molecule has 0 unspecified atom stereocenters. The molecule has 1 fully saturated rings. The van der Waals surface area contributed by atoms with Crippen LogP contribution in [0.15, 0.2) is 35.5 Å². The normalized spacial score (nSPS) is 14.5. The molecule has 0 atom stereocenters. The number of tetrazole rings is 1. The van der Waals surface area contributed by atoms with Crippen molar-refractivity contribution >= 4 is 11.8 Å². The lowest BCUT2D eigenvalue weighted by Crippen LogP contribution is -2.01. The number of nitrogens with zero attached hydrogens (tertiary/aromatic N) is 4. The molecule has 0 spiro atoms. The molecule has 0 aliphatic heterocycles. The Hall–Kier alpha value is -1.56. The molecule has 19 heavy (non-hydrogen) atoms. The number of para-hydroxylation sites is 1. The minimum Gasteiger partial charge on any atom is -0.494 e. The van der Waals surface area contributed by atoms with Crippen molar-refractivity contribution in [1.82, 2.24) is 20.2 Å². The fourth-order valence-corrected chi connectivity index (χ4v) is 2.61. The van der Waals surface area contributed by atoms with Crippen LogP contribution in [0.3, 0.4) is 0 Å². The van der Waals surface area contributed by atoms with Crippen LogP contribution < -0.4 is 4.74 Å². The Bertz CT molecular complexity index is 512. The summed E-state index contributed by atoms with van der Waals surface area (Å²) < 4.78 is 7.59. The standard InChI is InChI=1S/C13H16N4OS/c1-2-5-12(6-3-1)18-9-4-10-19-13-14-15-16-17(13)11-7-8-11/h1-3,5-6,11H,4,7-10H2. The van der Waals surface area contributed by atoms with Gasteiger partial charge >= 0.3 is 0 Å². The number of thioether (sulfide) groups is 1. The lowest BCUT2D eigenvalue weighted by molar-refractivity contribution is 0.318. The zero-order valence-corrected chi connectivity index (χ0v) is 11.4. The van der Waals surface area contributed by atoms with E-state index in [2.05, 4.69) is 15.5 Å². The predicted molar refractivity (Wildman–Crippen MR) is 73.4 cm³/mol. The monoisotopic (exact) mass is 276 g/mol. The van der Waals surface area contributed by atoms with Crippen LogP contribution in [0.1, 0.15) is 25.3 Å². The molecule has 1 aromatic carbocycles. The Kier molecular flexibility index (Phi) is 3.98. The van der Waals surface area contributed by atoms with Crippen molar-refractivity contribution in [1.29, 1.82) is 0 Å². The second-order valence-electron chi connectivity index (χ2n) is 4.50. The first kappa shape index (κ1) is 12.5. The number of benzene rings is 1. The van der Waals surface area contributed by atoms with Crippen molar-refractivity contribution in [2.45, 2.75) is 30.5 Å². The van der Waals surface area contributed by atoms with Crippen LogP contribution in [0.5, 0.6) is 5.75 Å². The lowest BCUT2D eigenvalue weighted by atomic mass is 10.3. The molecular weight excluding hydrogens is 260 g/mol. The molecular formula is C13H16N4OS. The molecule has 0 N–H and O–H groups in total. The van der Waals surface area contributed by atoms with E-state index in [-0.39, 0.29) is 0 Å². The van der Waals surface area contributed by atoms with Crippen LogP contribution in [-0.2, 0) is 0 Å². The van der Waals surface area contributed by atoms with Crippen molar-refractivity contribution in [3.05, 3.63) is 30.3 Å². The molecule has 0 saturated heterocycles. The maximum atomic E-state index is 5.64. The quantitative estimate of drug-likeness (QED) is 0.574. The fourth-order valence-electron chi connectivity index (χ4n) is 1.76. The number of hydrogen-bond acceptors (Lipinski definition) is 5. The van der Waals surface area contributed by atoms with E-state index in [0.29, 0.717) is 6.04 Å². The number of hydrogen-bond donors (Lipinski definition) is 0. The van der Waals surface area contributed by atoms with Gasteiger partial charge < -0.3 is 4.74 Å². The van der Waals surface area contributed by atoms with E-state index >= 15 is 0 Å². The first-order chi connectivity index (χ1) is 9.43. The van der Waals surface area contributed by atoms with Gasteiger partial charge in [-0.3, -0.25) is 0 Å². The van der Waals surface area contributed by atoms with Gasteiger partial charge in [-0.2, -0.15) is 0 Å². The zero-order chi connectivity index (χ0) is 12.9. The van der Waals surface area contributed by atoms with Crippen LogP contribution >= 0.6 is 11.8 Å². The van der Waals surface area contributed by atoms with Gasteiger partial charge in [0.2, 0.25) is 5.16 Å². The van der Waals surface area contributed by atoms with Crippen LogP contribution in [0.25, 0.3) is 0 Å². The SMILES string of the molecule is c1ccc(OCCCSc2nnnn2C2CC2)cc1. The second-order valence-corrected chi connectivity index (χ2v) is 5.56. The summed E-state index contributed by atoms with van der Waals surface area (Å²) >= 11 is 1.70.